The number of anilines is 1. The predicted molar refractivity (Wildman–Crippen MR) is 79.7 cm³/mol. The van der Waals surface area contributed by atoms with Crippen molar-refractivity contribution in [2.24, 2.45) is 0 Å². The number of carbonyl (C=O) groups is 1. The maximum Gasteiger partial charge on any atom is 0.317 e. The monoisotopic (exact) mass is 302 g/mol. The number of H-pyrrole nitrogens is 1. The van der Waals surface area contributed by atoms with Gasteiger partial charge in [-0.2, -0.15) is 4.98 Å². The molecule has 0 unspecified atom stereocenters. The number of hydrogen-bond acceptors (Lipinski definition) is 5. The average molecular weight is 302 g/mol. The largest absolute Gasteiger partial charge is 0.370 e. The Morgan fingerprint density at radius 3 is 3.00 bits per heavy atom. The molecule has 1 aliphatic rings. The summed E-state index contributed by atoms with van der Waals surface area (Å²) < 4.78 is 5.74. The maximum atomic E-state index is 12.2. The molecular weight excluding hydrogens is 284 g/mol. The third-order valence-corrected chi connectivity index (χ3v) is 3.48. The summed E-state index contributed by atoms with van der Waals surface area (Å²) in [5.41, 5.74) is 6.49. The Labute approximate surface area is 127 Å². The van der Waals surface area contributed by atoms with Gasteiger partial charge in [0, 0.05) is 6.54 Å². The smallest absolute Gasteiger partial charge is 0.317 e. The van der Waals surface area contributed by atoms with Gasteiger partial charge in [0.15, 0.2) is 0 Å². The van der Waals surface area contributed by atoms with Crippen LogP contribution >= 0.6 is 0 Å². The number of nitrogen functional groups attached to an aromatic ring is 1. The Bertz CT molecular complexity index is 629. The molecule has 0 aliphatic carbocycles. The number of nitrogens with one attached hydrogen (secondary N) is 2. The highest BCUT2D eigenvalue weighted by atomic mass is 16.5. The Hall–Kier alpha value is -2.61. The van der Waals surface area contributed by atoms with E-state index in [-0.39, 0.29) is 24.6 Å². The molecule has 22 heavy (non-hydrogen) atoms. The van der Waals surface area contributed by atoms with Crippen LogP contribution in [0.4, 0.5) is 10.7 Å². The molecule has 1 aliphatic heterocycles. The van der Waals surface area contributed by atoms with Crippen LogP contribution < -0.4 is 11.1 Å². The molecule has 1 aromatic carbocycles. The number of urea groups is 1. The number of morpholine rings is 1. The molecule has 1 saturated heterocycles. The molecule has 116 valence electrons. The van der Waals surface area contributed by atoms with Crippen LogP contribution in [0.1, 0.15) is 17.5 Å². The normalized spacial score (nSPS) is 18.2. The zero-order valence-electron chi connectivity index (χ0n) is 12.0. The molecule has 2 heterocycles. The Morgan fingerprint density at radius 1 is 1.45 bits per heavy atom. The van der Waals surface area contributed by atoms with Gasteiger partial charge in [-0.15, -0.1) is 5.10 Å². The molecule has 1 fully saturated rings. The first-order valence-electron chi connectivity index (χ1n) is 7.08. The van der Waals surface area contributed by atoms with Gasteiger partial charge in [0.25, 0.3) is 0 Å². The third-order valence-electron chi connectivity index (χ3n) is 3.48. The van der Waals surface area contributed by atoms with Gasteiger partial charge in [0.2, 0.25) is 5.95 Å². The second kappa shape index (κ2) is 6.44. The van der Waals surface area contributed by atoms with E-state index in [9.17, 15) is 4.79 Å². The van der Waals surface area contributed by atoms with E-state index in [1.54, 1.807) is 4.90 Å². The lowest BCUT2D eigenvalue weighted by atomic mass is 10.1. The summed E-state index contributed by atoms with van der Waals surface area (Å²) >= 11 is 0. The SMILES string of the molecule is Nc1n[nH]c(CNC(=O)N2CCO[C@H](c3ccccc3)C2)n1. The molecule has 3 rings (SSSR count). The van der Waals surface area contributed by atoms with Gasteiger partial charge < -0.3 is 20.7 Å². The lowest BCUT2D eigenvalue weighted by Crippen LogP contribution is -2.47. The second-order valence-corrected chi connectivity index (χ2v) is 5.02. The number of hydrogen-bond donors (Lipinski definition) is 3. The van der Waals surface area contributed by atoms with Crippen molar-refractivity contribution in [3.05, 3.63) is 41.7 Å². The molecule has 1 atom stereocenters. The van der Waals surface area contributed by atoms with Crippen molar-refractivity contribution in [1.82, 2.24) is 25.4 Å². The summed E-state index contributed by atoms with van der Waals surface area (Å²) in [6, 6.07) is 9.74. The first kappa shape index (κ1) is 14.3. The van der Waals surface area contributed by atoms with E-state index < -0.39 is 0 Å². The number of nitrogens with zero attached hydrogens (tertiary/aromatic N) is 3. The molecule has 1 aromatic heterocycles. The highest BCUT2D eigenvalue weighted by Crippen LogP contribution is 2.21. The summed E-state index contributed by atoms with van der Waals surface area (Å²) in [5, 5.41) is 9.17. The molecule has 2 amide bonds. The maximum absolute atomic E-state index is 12.2. The van der Waals surface area contributed by atoms with Crippen LogP contribution in [-0.4, -0.2) is 45.8 Å². The van der Waals surface area contributed by atoms with Gasteiger partial charge in [-0.3, -0.25) is 5.10 Å². The van der Waals surface area contributed by atoms with E-state index in [1.165, 1.54) is 0 Å². The average Bonchev–Trinajstić information content (AvgIpc) is 2.99. The van der Waals surface area contributed by atoms with Crippen molar-refractivity contribution in [1.29, 1.82) is 0 Å². The minimum Gasteiger partial charge on any atom is -0.370 e. The molecular formula is C14H18N6O2. The number of aromatic amines is 1. The Morgan fingerprint density at radius 2 is 2.27 bits per heavy atom. The minimum atomic E-state index is -0.154. The molecule has 2 aromatic rings. The highest BCUT2D eigenvalue weighted by molar-refractivity contribution is 5.74. The number of carbonyl (C=O) groups excluding carboxylic acids is 1. The van der Waals surface area contributed by atoms with Crippen molar-refractivity contribution in [2.75, 3.05) is 25.4 Å². The fourth-order valence-corrected chi connectivity index (χ4v) is 2.36. The summed E-state index contributed by atoms with van der Waals surface area (Å²) in [5.74, 6) is 0.693. The number of aromatic nitrogens is 3. The zero-order chi connectivity index (χ0) is 15.4. The Kier molecular flexibility index (Phi) is 4.19. The van der Waals surface area contributed by atoms with Gasteiger partial charge in [0.05, 0.1) is 19.7 Å². The number of nitrogens with two attached hydrogens (primary N) is 1. The standard InChI is InChI=1S/C14H18N6O2/c15-13-17-12(18-19-13)8-16-14(21)20-6-7-22-11(9-20)10-4-2-1-3-5-10/h1-5,11H,6-9H2,(H,16,21)(H3,15,17,18,19)/t11-/m0/s1. The number of benzene rings is 1. The van der Waals surface area contributed by atoms with E-state index in [0.29, 0.717) is 25.5 Å². The molecule has 0 radical (unpaired) electrons. The van der Waals surface area contributed by atoms with Crippen LogP contribution in [0.15, 0.2) is 30.3 Å². The topological polar surface area (TPSA) is 109 Å². The van der Waals surface area contributed by atoms with Crippen molar-refractivity contribution in [3.8, 4) is 0 Å². The molecule has 4 N–H and O–H groups in total. The van der Waals surface area contributed by atoms with E-state index in [1.807, 2.05) is 30.3 Å². The van der Waals surface area contributed by atoms with Gasteiger partial charge in [-0.1, -0.05) is 30.3 Å². The van der Waals surface area contributed by atoms with Crippen molar-refractivity contribution >= 4 is 12.0 Å². The first-order valence-corrected chi connectivity index (χ1v) is 7.08. The van der Waals surface area contributed by atoms with Crippen molar-refractivity contribution in [2.45, 2.75) is 12.6 Å². The van der Waals surface area contributed by atoms with Crippen LogP contribution in [0.25, 0.3) is 0 Å². The fraction of sp³-hybridized carbons (Fsp3) is 0.357. The summed E-state index contributed by atoms with van der Waals surface area (Å²) in [4.78, 5) is 17.9. The van der Waals surface area contributed by atoms with Crippen molar-refractivity contribution < 1.29 is 9.53 Å². The molecule has 8 nitrogen and oxygen atoms in total. The third kappa shape index (κ3) is 3.34. The first-order chi connectivity index (χ1) is 10.7. The molecule has 0 spiro atoms. The van der Waals surface area contributed by atoms with Crippen LogP contribution in [-0.2, 0) is 11.3 Å². The number of rotatable bonds is 3. The lowest BCUT2D eigenvalue weighted by molar-refractivity contribution is -0.0155. The second-order valence-electron chi connectivity index (χ2n) is 5.02. The van der Waals surface area contributed by atoms with E-state index in [2.05, 4.69) is 20.5 Å². The molecule has 0 bridgehead atoms. The van der Waals surface area contributed by atoms with E-state index >= 15 is 0 Å². The van der Waals surface area contributed by atoms with E-state index in [0.717, 1.165) is 5.56 Å². The van der Waals surface area contributed by atoms with Crippen LogP contribution in [0.2, 0.25) is 0 Å². The van der Waals surface area contributed by atoms with Gasteiger partial charge >= 0.3 is 6.03 Å². The number of ether oxygens (including phenoxy) is 1. The fourth-order valence-electron chi connectivity index (χ4n) is 2.36. The Balaban J connectivity index is 1.56. The molecule has 0 saturated carbocycles. The van der Waals surface area contributed by atoms with Crippen LogP contribution in [0.3, 0.4) is 0 Å². The molecule has 8 heteroatoms. The van der Waals surface area contributed by atoms with Gasteiger partial charge in [0.1, 0.15) is 11.9 Å². The summed E-state index contributed by atoms with van der Waals surface area (Å²) in [6.07, 6.45) is -0.0957. The van der Waals surface area contributed by atoms with Crippen molar-refractivity contribution in [3.63, 3.8) is 0 Å². The van der Waals surface area contributed by atoms with Crippen LogP contribution in [0.5, 0.6) is 0 Å². The lowest BCUT2D eigenvalue weighted by Gasteiger charge is -2.33. The highest BCUT2D eigenvalue weighted by Gasteiger charge is 2.25. The predicted octanol–water partition coefficient (Wildman–Crippen LogP) is 0.670. The quantitative estimate of drug-likeness (QED) is 0.772. The van der Waals surface area contributed by atoms with Gasteiger partial charge in [-0.25, -0.2) is 4.79 Å². The summed E-state index contributed by atoms with van der Waals surface area (Å²) in [6.45, 7) is 1.86. The van der Waals surface area contributed by atoms with Crippen LogP contribution in [0, 0.1) is 0 Å². The van der Waals surface area contributed by atoms with E-state index in [4.69, 9.17) is 10.5 Å². The minimum absolute atomic E-state index is 0.0957. The number of amides is 2. The zero-order valence-corrected chi connectivity index (χ0v) is 12.0. The van der Waals surface area contributed by atoms with Gasteiger partial charge in [-0.05, 0) is 5.56 Å². The summed E-state index contributed by atoms with van der Waals surface area (Å²) in [7, 11) is 0.